The van der Waals surface area contributed by atoms with Crippen molar-refractivity contribution < 1.29 is 19.1 Å². The first kappa shape index (κ1) is 19.8. The van der Waals surface area contributed by atoms with Crippen molar-refractivity contribution >= 4 is 35.2 Å². The zero-order valence-corrected chi connectivity index (χ0v) is 14.3. The molecule has 0 saturated heterocycles. The third-order valence-corrected chi connectivity index (χ3v) is 3.18. The van der Waals surface area contributed by atoms with Crippen LogP contribution in [0.15, 0.2) is 24.3 Å². The van der Waals surface area contributed by atoms with Gasteiger partial charge < -0.3 is 20.7 Å². The molecule has 1 aromatic carbocycles. The van der Waals surface area contributed by atoms with Gasteiger partial charge in [0.15, 0.2) is 0 Å². The van der Waals surface area contributed by atoms with Crippen molar-refractivity contribution in [2.75, 3.05) is 25.0 Å². The summed E-state index contributed by atoms with van der Waals surface area (Å²) in [4.78, 5) is 34.3. The Kier molecular flexibility index (Phi) is 9.29. The molecule has 0 atom stereocenters. The molecule has 0 spiro atoms. The number of halogens is 1. The Labute approximate surface area is 146 Å². The minimum absolute atomic E-state index is 0.129. The average molecular weight is 356 g/mol. The van der Waals surface area contributed by atoms with Crippen LogP contribution in [0, 0.1) is 0 Å². The normalized spacial score (nSPS) is 9.92. The van der Waals surface area contributed by atoms with Gasteiger partial charge in [0.25, 0.3) is 0 Å². The van der Waals surface area contributed by atoms with Gasteiger partial charge in [0.05, 0.1) is 6.61 Å². The monoisotopic (exact) mass is 355 g/mol. The first-order valence-electron chi connectivity index (χ1n) is 7.74. The Balaban J connectivity index is 2.08. The van der Waals surface area contributed by atoms with Gasteiger partial charge in [0.2, 0.25) is 11.8 Å². The lowest BCUT2D eigenvalue weighted by atomic mass is 10.2. The van der Waals surface area contributed by atoms with E-state index in [0.717, 1.165) is 0 Å². The Bertz CT molecular complexity index is 549. The fourth-order valence-corrected chi connectivity index (χ4v) is 1.91. The SMILES string of the molecule is CCOC(=O)NCCC(=O)NCCCC(=O)Nc1ccc(Cl)cc1. The molecule has 0 aliphatic heterocycles. The number of alkyl carbamates (subject to hydrolysis) is 1. The highest BCUT2D eigenvalue weighted by atomic mass is 35.5. The molecule has 8 heteroatoms. The van der Waals surface area contributed by atoms with Gasteiger partial charge in [-0.2, -0.15) is 0 Å². The fourth-order valence-electron chi connectivity index (χ4n) is 1.78. The van der Waals surface area contributed by atoms with Crippen LogP contribution in [-0.2, 0) is 14.3 Å². The third kappa shape index (κ3) is 8.99. The summed E-state index contributed by atoms with van der Waals surface area (Å²) < 4.78 is 4.67. The van der Waals surface area contributed by atoms with Crippen molar-refractivity contribution in [1.82, 2.24) is 10.6 Å². The molecule has 3 N–H and O–H groups in total. The van der Waals surface area contributed by atoms with E-state index in [1.54, 1.807) is 31.2 Å². The highest BCUT2D eigenvalue weighted by Crippen LogP contribution is 2.13. The summed E-state index contributed by atoms with van der Waals surface area (Å²) in [6.45, 7) is 2.60. The second-order valence-corrected chi connectivity index (χ2v) is 5.34. The maximum Gasteiger partial charge on any atom is 0.407 e. The van der Waals surface area contributed by atoms with Gasteiger partial charge >= 0.3 is 6.09 Å². The van der Waals surface area contributed by atoms with Crippen LogP contribution in [0.5, 0.6) is 0 Å². The molecule has 24 heavy (non-hydrogen) atoms. The van der Waals surface area contributed by atoms with Crippen LogP contribution in [0.2, 0.25) is 5.02 Å². The van der Waals surface area contributed by atoms with Crippen molar-refractivity contribution in [3.63, 3.8) is 0 Å². The predicted molar refractivity (Wildman–Crippen MR) is 92.0 cm³/mol. The van der Waals surface area contributed by atoms with E-state index in [0.29, 0.717) is 30.1 Å². The molecule has 0 fully saturated rings. The molecular formula is C16H22ClN3O4. The summed E-state index contributed by atoms with van der Waals surface area (Å²) in [5.74, 6) is -0.319. The van der Waals surface area contributed by atoms with Gasteiger partial charge in [-0.15, -0.1) is 0 Å². The van der Waals surface area contributed by atoms with E-state index in [1.807, 2.05) is 0 Å². The minimum Gasteiger partial charge on any atom is -0.450 e. The van der Waals surface area contributed by atoms with E-state index in [-0.39, 0.29) is 31.4 Å². The van der Waals surface area contributed by atoms with Crippen LogP contribution < -0.4 is 16.0 Å². The fraction of sp³-hybridized carbons (Fsp3) is 0.438. The second-order valence-electron chi connectivity index (χ2n) is 4.91. The van der Waals surface area contributed by atoms with Crippen molar-refractivity contribution in [1.29, 1.82) is 0 Å². The van der Waals surface area contributed by atoms with Crippen LogP contribution in [0.25, 0.3) is 0 Å². The zero-order chi connectivity index (χ0) is 17.8. The van der Waals surface area contributed by atoms with E-state index >= 15 is 0 Å². The van der Waals surface area contributed by atoms with E-state index in [2.05, 4.69) is 20.7 Å². The number of benzene rings is 1. The van der Waals surface area contributed by atoms with Crippen LogP contribution >= 0.6 is 11.6 Å². The molecule has 1 aromatic rings. The van der Waals surface area contributed by atoms with Gasteiger partial charge in [-0.05, 0) is 37.6 Å². The highest BCUT2D eigenvalue weighted by Gasteiger charge is 2.05. The summed E-state index contributed by atoms with van der Waals surface area (Å²) in [7, 11) is 0. The number of carbonyl (C=O) groups excluding carboxylic acids is 3. The van der Waals surface area contributed by atoms with Gasteiger partial charge in [-0.25, -0.2) is 4.79 Å². The Morgan fingerprint density at radius 2 is 1.71 bits per heavy atom. The lowest BCUT2D eigenvalue weighted by Gasteiger charge is -2.07. The number of ether oxygens (including phenoxy) is 1. The number of amides is 3. The first-order chi connectivity index (χ1) is 11.5. The van der Waals surface area contributed by atoms with Crippen molar-refractivity contribution in [2.45, 2.75) is 26.2 Å². The predicted octanol–water partition coefficient (Wildman–Crippen LogP) is 2.31. The van der Waals surface area contributed by atoms with E-state index in [1.165, 1.54) is 0 Å². The Morgan fingerprint density at radius 1 is 1.00 bits per heavy atom. The topological polar surface area (TPSA) is 96.5 Å². The molecule has 0 aromatic heterocycles. The Hall–Kier alpha value is -2.28. The van der Waals surface area contributed by atoms with Gasteiger partial charge in [0, 0.05) is 36.6 Å². The molecule has 7 nitrogen and oxygen atoms in total. The summed E-state index contributed by atoms with van der Waals surface area (Å²) in [6.07, 6.45) is 0.445. The lowest BCUT2D eigenvalue weighted by Crippen LogP contribution is -2.31. The first-order valence-corrected chi connectivity index (χ1v) is 8.11. The number of anilines is 1. The zero-order valence-electron chi connectivity index (χ0n) is 13.6. The molecule has 0 aliphatic carbocycles. The molecule has 132 valence electrons. The van der Waals surface area contributed by atoms with Crippen molar-refractivity contribution in [2.24, 2.45) is 0 Å². The number of hydrogen-bond acceptors (Lipinski definition) is 4. The second kappa shape index (κ2) is 11.3. The number of nitrogens with one attached hydrogen (secondary N) is 3. The lowest BCUT2D eigenvalue weighted by molar-refractivity contribution is -0.121. The van der Waals surface area contributed by atoms with Crippen LogP contribution in [0.3, 0.4) is 0 Å². The molecule has 1 rings (SSSR count). The van der Waals surface area contributed by atoms with E-state index in [9.17, 15) is 14.4 Å². The van der Waals surface area contributed by atoms with E-state index < -0.39 is 6.09 Å². The van der Waals surface area contributed by atoms with Gasteiger partial charge in [0.1, 0.15) is 0 Å². The van der Waals surface area contributed by atoms with Crippen molar-refractivity contribution in [3.05, 3.63) is 29.3 Å². The maximum absolute atomic E-state index is 11.7. The molecule has 0 unspecified atom stereocenters. The molecule has 3 amide bonds. The molecule has 0 radical (unpaired) electrons. The average Bonchev–Trinajstić information content (AvgIpc) is 2.54. The number of carbonyl (C=O) groups is 3. The summed E-state index contributed by atoms with van der Waals surface area (Å²) in [5.41, 5.74) is 0.679. The molecule has 0 aliphatic rings. The summed E-state index contributed by atoms with van der Waals surface area (Å²) in [6, 6.07) is 6.83. The molecule has 0 heterocycles. The summed E-state index contributed by atoms with van der Waals surface area (Å²) >= 11 is 5.77. The smallest absolute Gasteiger partial charge is 0.407 e. The number of hydrogen-bond donors (Lipinski definition) is 3. The minimum atomic E-state index is -0.538. The van der Waals surface area contributed by atoms with E-state index in [4.69, 9.17) is 11.6 Å². The van der Waals surface area contributed by atoms with Crippen molar-refractivity contribution in [3.8, 4) is 0 Å². The van der Waals surface area contributed by atoms with Gasteiger partial charge in [-0.1, -0.05) is 11.6 Å². The third-order valence-electron chi connectivity index (χ3n) is 2.93. The van der Waals surface area contributed by atoms with Crippen LogP contribution in [0.4, 0.5) is 10.5 Å². The van der Waals surface area contributed by atoms with Gasteiger partial charge in [-0.3, -0.25) is 9.59 Å². The molecule has 0 saturated carbocycles. The van der Waals surface area contributed by atoms with Crippen LogP contribution in [-0.4, -0.2) is 37.6 Å². The van der Waals surface area contributed by atoms with Crippen LogP contribution in [0.1, 0.15) is 26.2 Å². The highest BCUT2D eigenvalue weighted by molar-refractivity contribution is 6.30. The molecular weight excluding hydrogens is 334 g/mol. The standard InChI is InChI=1S/C16H22ClN3O4/c1-2-24-16(23)19-11-9-14(21)18-10-3-4-15(22)20-13-7-5-12(17)6-8-13/h5-8H,2-4,9-11H2,1H3,(H,18,21)(H,19,23)(H,20,22). The summed E-state index contributed by atoms with van der Waals surface area (Å²) in [5, 5.41) is 8.49. The largest absolute Gasteiger partial charge is 0.450 e. The Morgan fingerprint density at radius 3 is 2.38 bits per heavy atom. The number of rotatable bonds is 9. The maximum atomic E-state index is 11.7. The quantitative estimate of drug-likeness (QED) is 0.592. The molecule has 0 bridgehead atoms.